The second-order valence-electron chi connectivity index (χ2n) is 7.92. The van der Waals surface area contributed by atoms with E-state index >= 15 is 0 Å². The Morgan fingerprint density at radius 3 is 2.28 bits per heavy atom. The number of aromatic hydroxyl groups is 2. The van der Waals surface area contributed by atoms with Crippen LogP contribution in [0.15, 0.2) is 24.3 Å². The van der Waals surface area contributed by atoms with E-state index in [9.17, 15) is 40.5 Å². The molecule has 1 aliphatic carbocycles. The first-order valence-electron chi connectivity index (χ1n) is 9.96. The quantitative estimate of drug-likeness (QED) is 0.311. The van der Waals surface area contributed by atoms with E-state index in [0.29, 0.717) is 0 Å². The highest BCUT2D eigenvalue weighted by Crippen LogP contribution is 2.49. The van der Waals surface area contributed by atoms with Crippen molar-refractivity contribution < 1.29 is 50.0 Å². The van der Waals surface area contributed by atoms with Crippen molar-refractivity contribution in [1.29, 1.82) is 0 Å². The Morgan fingerprint density at radius 2 is 1.66 bits per heavy atom. The molecule has 7 N–H and O–H groups in total. The van der Waals surface area contributed by atoms with Gasteiger partial charge in [0.05, 0.1) is 37.6 Å². The first kappa shape index (κ1) is 22.5. The lowest BCUT2D eigenvalue weighted by molar-refractivity contribution is -0.232. The number of hydrogen-bond acceptors (Lipinski definition) is 10. The van der Waals surface area contributed by atoms with Crippen molar-refractivity contribution in [3.05, 3.63) is 52.1 Å². The minimum absolute atomic E-state index is 0.0611. The smallest absolute Gasteiger partial charge is 0.201 e. The van der Waals surface area contributed by atoms with Crippen molar-refractivity contribution in [2.45, 2.75) is 43.0 Å². The summed E-state index contributed by atoms with van der Waals surface area (Å²) >= 11 is 0. The molecule has 10 nitrogen and oxygen atoms in total. The molecule has 4 rings (SSSR count). The Balaban J connectivity index is 2.00. The molecule has 10 heteroatoms. The van der Waals surface area contributed by atoms with E-state index in [2.05, 4.69) is 0 Å². The van der Waals surface area contributed by atoms with Crippen molar-refractivity contribution in [2.24, 2.45) is 0 Å². The molecule has 1 saturated heterocycles. The Bertz CT molecular complexity index is 1050. The summed E-state index contributed by atoms with van der Waals surface area (Å²) in [5, 5.41) is 71.3. The molecule has 0 radical (unpaired) electrons. The second-order valence-corrected chi connectivity index (χ2v) is 7.92. The Hall–Kier alpha value is -2.73. The number of benzene rings is 2. The molecule has 0 aromatic heterocycles. The van der Waals surface area contributed by atoms with Crippen LogP contribution < -0.4 is 4.74 Å². The van der Waals surface area contributed by atoms with Gasteiger partial charge in [-0.2, -0.15) is 0 Å². The van der Waals surface area contributed by atoms with E-state index in [1.165, 1.54) is 31.4 Å². The number of carbonyl (C=O) groups is 1. The molecule has 0 amide bonds. The maximum Gasteiger partial charge on any atom is 0.201 e. The zero-order chi connectivity index (χ0) is 23.3. The topological polar surface area (TPSA) is 177 Å². The molecular weight excluding hydrogens is 424 g/mol. The van der Waals surface area contributed by atoms with Crippen LogP contribution in [-0.2, 0) is 11.3 Å². The van der Waals surface area contributed by atoms with Gasteiger partial charge in [0.15, 0.2) is 11.5 Å². The maximum atomic E-state index is 13.4. The van der Waals surface area contributed by atoms with Crippen molar-refractivity contribution >= 4 is 5.78 Å². The van der Waals surface area contributed by atoms with Gasteiger partial charge in [-0.25, -0.2) is 0 Å². The lowest BCUT2D eigenvalue weighted by Crippen LogP contribution is -2.60. The SMILES string of the molecule is COc1c(O)ccc2c1C(=O)c1c(O)cc(CO)cc1[C@H]2[C@@H]1O[C@H](CO)[C@@H](O)[C@H](O)[C@H]1O. The van der Waals surface area contributed by atoms with Crippen LogP contribution in [0, 0.1) is 0 Å². The van der Waals surface area contributed by atoms with Crippen molar-refractivity contribution in [2.75, 3.05) is 13.7 Å². The van der Waals surface area contributed by atoms with E-state index < -0.39 is 61.2 Å². The van der Waals surface area contributed by atoms with E-state index in [-0.39, 0.29) is 39.3 Å². The van der Waals surface area contributed by atoms with Gasteiger partial charge in [0.25, 0.3) is 0 Å². The van der Waals surface area contributed by atoms with Gasteiger partial charge in [-0.1, -0.05) is 12.1 Å². The third kappa shape index (κ3) is 3.24. The summed E-state index contributed by atoms with van der Waals surface area (Å²) in [6.45, 7) is -1.09. The molecule has 1 heterocycles. The summed E-state index contributed by atoms with van der Waals surface area (Å²) in [5.41, 5.74) is 0.576. The van der Waals surface area contributed by atoms with Gasteiger partial charge in [0.2, 0.25) is 5.78 Å². The highest BCUT2D eigenvalue weighted by atomic mass is 16.5. The van der Waals surface area contributed by atoms with Crippen LogP contribution in [0.4, 0.5) is 0 Å². The number of methoxy groups -OCH3 is 1. The summed E-state index contributed by atoms with van der Waals surface area (Å²) < 4.78 is 11.0. The molecule has 172 valence electrons. The zero-order valence-electron chi connectivity index (χ0n) is 17.0. The zero-order valence-corrected chi connectivity index (χ0v) is 17.0. The number of fused-ring (bicyclic) bond motifs is 2. The number of rotatable bonds is 4. The van der Waals surface area contributed by atoms with Crippen molar-refractivity contribution in [1.82, 2.24) is 0 Å². The van der Waals surface area contributed by atoms with Gasteiger partial charge in [-0.3, -0.25) is 4.79 Å². The fraction of sp³-hybridized carbons (Fsp3) is 0.409. The average molecular weight is 448 g/mol. The number of hydrogen-bond donors (Lipinski definition) is 7. The summed E-state index contributed by atoms with van der Waals surface area (Å²) in [6, 6.07) is 5.42. The maximum absolute atomic E-state index is 13.4. The predicted octanol–water partition coefficient (Wildman–Crippen LogP) is -0.883. The fourth-order valence-corrected chi connectivity index (χ4v) is 4.63. The lowest BCUT2D eigenvalue weighted by Gasteiger charge is -2.45. The minimum atomic E-state index is -1.66. The molecule has 2 aromatic carbocycles. The average Bonchev–Trinajstić information content (AvgIpc) is 2.78. The van der Waals surface area contributed by atoms with E-state index in [1.807, 2.05) is 0 Å². The second kappa shape index (κ2) is 8.32. The molecule has 1 fully saturated rings. The van der Waals surface area contributed by atoms with Crippen LogP contribution in [0.2, 0.25) is 0 Å². The first-order valence-corrected chi connectivity index (χ1v) is 9.96. The van der Waals surface area contributed by atoms with Gasteiger partial charge < -0.3 is 45.2 Å². The number of ether oxygens (including phenoxy) is 2. The van der Waals surface area contributed by atoms with Gasteiger partial charge in [-0.05, 0) is 28.8 Å². The molecule has 6 atom stereocenters. The van der Waals surface area contributed by atoms with Crippen molar-refractivity contribution in [3.63, 3.8) is 0 Å². The van der Waals surface area contributed by atoms with Gasteiger partial charge in [-0.15, -0.1) is 0 Å². The molecular formula is C22H24O10. The van der Waals surface area contributed by atoms with Crippen LogP contribution in [0.25, 0.3) is 0 Å². The third-order valence-corrected chi connectivity index (χ3v) is 6.15. The monoisotopic (exact) mass is 448 g/mol. The molecule has 0 saturated carbocycles. The summed E-state index contributed by atoms with van der Waals surface area (Å²) in [5.74, 6) is -2.52. The van der Waals surface area contributed by atoms with Crippen molar-refractivity contribution in [3.8, 4) is 17.2 Å². The first-order chi connectivity index (χ1) is 15.2. The van der Waals surface area contributed by atoms with Gasteiger partial charge in [0.1, 0.15) is 30.2 Å². The highest BCUT2D eigenvalue weighted by Gasteiger charge is 2.50. The van der Waals surface area contributed by atoms with Crippen LogP contribution in [0.1, 0.15) is 38.5 Å². The van der Waals surface area contributed by atoms with E-state index in [0.717, 1.165) is 0 Å². The number of ketones is 1. The highest BCUT2D eigenvalue weighted by molar-refractivity contribution is 6.16. The van der Waals surface area contributed by atoms with Gasteiger partial charge >= 0.3 is 0 Å². The Morgan fingerprint density at radius 1 is 0.938 bits per heavy atom. The van der Waals surface area contributed by atoms with Gasteiger partial charge in [0, 0.05) is 5.92 Å². The van der Waals surface area contributed by atoms with Crippen LogP contribution in [-0.4, -0.2) is 85.8 Å². The number of carbonyl (C=O) groups excluding carboxylic acids is 1. The standard InChI is InChI=1S/C22H24O10/c1-31-21-11(25)3-2-9-14(22-20(30)19(29)17(27)13(7-24)32-22)10-4-8(6-23)5-12(26)15(10)18(28)16(9)21/h2-5,13-14,17,19-20,22-27,29-30H,6-7H2,1H3/t13-,14+,17-,19+,20-,22+/m1/s1. The minimum Gasteiger partial charge on any atom is -0.507 e. The number of aliphatic hydroxyl groups excluding tert-OH is 5. The number of phenols is 2. The van der Waals surface area contributed by atoms with Crippen LogP contribution >= 0.6 is 0 Å². The number of aliphatic hydroxyl groups is 5. The lowest BCUT2D eigenvalue weighted by atomic mass is 9.71. The number of phenolic OH excluding ortho intramolecular Hbond substituents is 2. The van der Waals surface area contributed by atoms with E-state index in [1.54, 1.807) is 0 Å². The normalized spacial score (nSPS) is 29.4. The Labute approximate surface area is 182 Å². The van der Waals surface area contributed by atoms with E-state index in [4.69, 9.17) is 9.47 Å². The summed E-state index contributed by atoms with van der Waals surface area (Å²) in [4.78, 5) is 13.4. The van der Waals surface area contributed by atoms with Crippen LogP contribution in [0.3, 0.4) is 0 Å². The van der Waals surface area contributed by atoms with Crippen LogP contribution in [0.5, 0.6) is 17.2 Å². The Kier molecular flexibility index (Phi) is 5.84. The largest absolute Gasteiger partial charge is 0.507 e. The fourth-order valence-electron chi connectivity index (χ4n) is 4.63. The molecule has 1 aliphatic heterocycles. The molecule has 32 heavy (non-hydrogen) atoms. The molecule has 0 bridgehead atoms. The molecule has 2 aromatic rings. The molecule has 0 spiro atoms. The molecule has 0 unspecified atom stereocenters. The third-order valence-electron chi connectivity index (χ3n) is 6.15. The predicted molar refractivity (Wildman–Crippen MR) is 108 cm³/mol. The molecule has 2 aliphatic rings. The summed E-state index contributed by atoms with van der Waals surface area (Å²) in [7, 11) is 1.26. The summed E-state index contributed by atoms with van der Waals surface area (Å²) in [6.07, 6.45) is -7.34.